The van der Waals surface area contributed by atoms with Crippen LogP contribution >= 0.6 is 0 Å². The zero-order valence-corrected chi connectivity index (χ0v) is 24.2. The first kappa shape index (κ1) is 32.6. The molecule has 0 bridgehead atoms. The molecule has 14 heteroatoms. The first-order valence-corrected chi connectivity index (χ1v) is 14.2. The van der Waals surface area contributed by atoms with E-state index in [9.17, 15) is 31.1 Å². The lowest BCUT2D eigenvalue weighted by atomic mass is 9.78. The van der Waals surface area contributed by atoms with Gasteiger partial charge in [-0.25, -0.2) is 5.01 Å². The maximum absolute atomic E-state index is 14.0. The van der Waals surface area contributed by atoms with E-state index in [1.807, 2.05) is 0 Å². The Morgan fingerprint density at radius 3 is 2.25 bits per heavy atom. The number of carbonyl (C=O) groups is 1. The van der Waals surface area contributed by atoms with Gasteiger partial charge in [-0.05, 0) is 49.2 Å². The summed E-state index contributed by atoms with van der Waals surface area (Å²) in [5.41, 5.74) is 0.295. The highest BCUT2D eigenvalue weighted by molar-refractivity contribution is 5.85. The van der Waals surface area contributed by atoms with Crippen molar-refractivity contribution in [1.29, 1.82) is 0 Å². The molecule has 2 heterocycles. The third-order valence-corrected chi connectivity index (χ3v) is 7.85. The Morgan fingerprint density at radius 1 is 0.909 bits per heavy atom. The molecule has 5 rings (SSSR count). The van der Waals surface area contributed by atoms with E-state index in [2.05, 4.69) is 5.43 Å². The summed E-state index contributed by atoms with van der Waals surface area (Å²) in [7, 11) is 0. The smallest absolute Gasteiger partial charge is 0.379 e. The van der Waals surface area contributed by atoms with Gasteiger partial charge in [-0.3, -0.25) is 10.2 Å². The zero-order chi connectivity index (χ0) is 31.8. The van der Waals surface area contributed by atoms with E-state index in [-0.39, 0.29) is 31.6 Å². The molecule has 0 aromatic heterocycles. The SMILES string of the molecule is CC1(C)O[C@@H]2C[C@@](OCc3cccc(C(F)(F)F)c3)(C(=O)NN3CCOCC3)CC(OCc3ccc(C(F)(F)F)cc3)[C@@H]2O1. The van der Waals surface area contributed by atoms with Crippen LogP contribution in [0.1, 0.15) is 48.9 Å². The summed E-state index contributed by atoms with van der Waals surface area (Å²) in [4.78, 5) is 14.0. The van der Waals surface area contributed by atoms with Gasteiger partial charge in [0.1, 0.15) is 6.10 Å². The van der Waals surface area contributed by atoms with E-state index in [0.29, 0.717) is 31.9 Å². The Kier molecular flexibility index (Phi) is 9.32. The molecule has 44 heavy (non-hydrogen) atoms. The minimum atomic E-state index is -4.56. The van der Waals surface area contributed by atoms with Crippen LogP contribution in [0.15, 0.2) is 48.5 Å². The van der Waals surface area contributed by atoms with Crippen molar-refractivity contribution in [2.24, 2.45) is 0 Å². The highest BCUT2D eigenvalue weighted by Gasteiger charge is 2.58. The number of carbonyl (C=O) groups excluding carboxylic acids is 1. The molecule has 3 aliphatic rings. The second-order valence-electron chi connectivity index (χ2n) is 11.6. The predicted octanol–water partition coefficient (Wildman–Crippen LogP) is 5.24. The van der Waals surface area contributed by atoms with Gasteiger partial charge >= 0.3 is 12.4 Å². The molecule has 2 aromatic carbocycles. The molecule has 2 aromatic rings. The third kappa shape index (κ3) is 7.72. The number of ether oxygens (including phenoxy) is 5. The topological polar surface area (TPSA) is 78.5 Å². The summed E-state index contributed by atoms with van der Waals surface area (Å²) >= 11 is 0. The number of benzene rings is 2. The van der Waals surface area contributed by atoms with Crippen molar-refractivity contribution in [3.05, 3.63) is 70.8 Å². The van der Waals surface area contributed by atoms with Crippen molar-refractivity contribution in [3.63, 3.8) is 0 Å². The summed E-state index contributed by atoms with van der Waals surface area (Å²) < 4.78 is 109. The molecule has 1 N–H and O–H groups in total. The average molecular weight is 633 g/mol. The van der Waals surface area contributed by atoms with Gasteiger partial charge in [0, 0.05) is 25.9 Å². The minimum absolute atomic E-state index is 0.0242. The van der Waals surface area contributed by atoms with Gasteiger partial charge in [0.05, 0.1) is 49.8 Å². The Bertz CT molecular complexity index is 1300. The number of nitrogens with zero attached hydrogens (tertiary/aromatic N) is 1. The number of fused-ring (bicyclic) bond motifs is 1. The zero-order valence-electron chi connectivity index (χ0n) is 24.2. The molecule has 3 fully saturated rings. The quantitative estimate of drug-likeness (QED) is 0.399. The molecule has 242 valence electrons. The Balaban J connectivity index is 1.41. The van der Waals surface area contributed by atoms with Crippen molar-refractivity contribution in [2.45, 2.75) is 82.0 Å². The summed E-state index contributed by atoms with van der Waals surface area (Å²) in [5, 5.41) is 1.68. The summed E-state index contributed by atoms with van der Waals surface area (Å²) in [6, 6.07) is 9.19. The minimum Gasteiger partial charge on any atom is -0.379 e. The van der Waals surface area contributed by atoms with E-state index >= 15 is 0 Å². The molecule has 0 spiro atoms. The monoisotopic (exact) mass is 632 g/mol. The molecule has 2 saturated heterocycles. The van der Waals surface area contributed by atoms with E-state index < -0.39 is 59.1 Å². The Hall–Kier alpha value is -2.75. The van der Waals surface area contributed by atoms with Gasteiger partial charge in [-0.15, -0.1) is 0 Å². The number of alkyl halides is 6. The van der Waals surface area contributed by atoms with Gasteiger partial charge < -0.3 is 23.7 Å². The lowest BCUT2D eigenvalue weighted by molar-refractivity contribution is -0.187. The standard InChI is InChI=1S/C30H34F6N2O6/c1-27(2)43-24-16-28(26(39)37-38-10-12-40-13-11-38,42-18-20-4-3-5-22(14-20)30(34,35)36)15-23(25(24)44-27)41-17-19-6-8-21(9-7-19)29(31,32)33/h3-9,14,23-25H,10-13,15-18H2,1-2H3,(H,37,39)/t23?,24-,25+,28-/m1/s1. The normalized spacial score (nSPS) is 27.6. The van der Waals surface area contributed by atoms with Crippen LogP contribution in [0, 0.1) is 0 Å². The largest absolute Gasteiger partial charge is 0.416 e. The van der Waals surface area contributed by atoms with Crippen LogP contribution in [0.4, 0.5) is 26.3 Å². The number of rotatable bonds is 8. The fourth-order valence-electron chi connectivity index (χ4n) is 5.68. The highest BCUT2D eigenvalue weighted by atomic mass is 19.4. The number of nitrogens with one attached hydrogen (secondary N) is 1. The molecule has 4 atom stereocenters. The molecular weight excluding hydrogens is 598 g/mol. The molecule has 1 unspecified atom stereocenters. The Labute approximate surface area is 250 Å². The molecule has 1 amide bonds. The second kappa shape index (κ2) is 12.6. The first-order chi connectivity index (χ1) is 20.6. The van der Waals surface area contributed by atoms with Crippen molar-refractivity contribution < 1.29 is 54.8 Å². The third-order valence-electron chi connectivity index (χ3n) is 7.85. The molecule has 0 radical (unpaired) electrons. The fourth-order valence-corrected chi connectivity index (χ4v) is 5.68. The highest BCUT2D eigenvalue weighted by Crippen LogP contribution is 2.44. The van der Waals surface area contributed by atoms with Gasteiger partial charge in [-0.1, -0.05) is 24.3 Å². The lowest BCUT2D eigenvalue weighted by Gasteiger charge is -2.44. The number of amides is 1. The van der Waals surface area contributed by atoms with Crippen LogP contribution in [-0.2, 0) is 54.0 Å². The van der Waals surface area contributed by atoms with Crippen molar-refractivity contribution in [1.82, 2.24) is 10.4 Å². The van der Waals surface area contributed by atoms with Crippen molar-refractivity contribution >= 4 is 5.91 Å². The molecule has 1 aliphatic carbocycles. The van der Waals surface area contributed by atoms with E-state index in [4.69, 9.17) is 23.7 Å². The molecule has 1 saturated carbocycles. The van der Waals surface area contributed by atoms with E-state index in [1.54, 1.807) is 18.9 Å². The van der Waals surface area contributed by atoms with Crippen LogP contribution < -0.4 is 5.43 Å². The summed E-state index contributed by atoms with van der Waals surface area (Å²) in [6.07, 6.45) is -11.2. The second-order valence-corrected chi connectivity index (χ2v) is 11.6. The van der Waals surface area contributed by atoms with Crippen LogP contribution in [-0.4, -0.2) is 66.9 Å². The van der Waals surface area contributed by atoms with Gasteiger partial charge in [0.15, 0.2) is 11.4 Å². The molecular formula is C30H34F6N2O6. The number of morpholine rings is 1. The average Bonchev–Trinajstić information content (AvgIpc) is 3.28. The van der Waals surface area contributed by atoms with Crippen LogP contribution in [0.2, 0.25) is 0 Å². The van der Waals surface area contributed by atoms with Crippen molar-refractivity contribution in [2.75, 3.05) is 26.3 Å². The van der Waals surface area contributed by atoms with Crippen molar-refractivity contribution in [3.8, 4) is 0 Å². The first-order valence-electron chi connectivity index (χ1n) is 14.2. The van der Waals surface area contributed by atoms with Gasteiger partial charge in [0.2, 0.25) is 0 Å². The number of hydrazine groups is 1. The maximum atomic E-state index is 14.0. The lowest BCUT2D eigenvalue weighted by Crippen LogP contribution is -2.63. The number of halogens is 6. The van der Waals surface area contributed by atoms with Gasteiger partial charge in [0.25, 0.3) is 5.91 Å². The Morgan fingerprint density at radius 2 is 1.59 bits per heavy atom. The molecule has 2 aliphatic heterocycles. The van der Waals surface area contributed by atoms with Gasteiger partial charge in [-0.2, -0.15) is 26.3 Å². The summed E-state index contributed by atoms with van der Waals surface area (Å²) in [6.45, 7) is 4.64. The maximum Gasteiger partial charge on any atom is 0.416 e. The van der Waals surface area contributed by atoms with Crippen LogP contribution in [0.3, 0.4) is 0 Å². The molecule has 8 nitrogen and oxygen atoms in total. The summed E-state index contributed by atoms with van der Waals surface area (Å²) in [5.74, 6) is -1.57. The number of hydrogen-bond donors (Lipinski definition) is 1. The van der Waals surface area contributed by atoms with E-state index in [1.165, 1.54) is 24.3 Å². The fraction of sp³-hybridized carbons (Fsp3) is 0.567. The van der Waals surface area contributed by atoms with E-state index in [0.717, 1.165) is 24.3 Å². The predicted molar refractivity (Wildman–Crippen MR) is 143 cm³/mol. The van der Waals surface area contributed by atoms with Crippen LogP contribution in [0.25, 0.3) is 0 Å². The van der Waals surface area contributed by atoms with Crippen LogP contribution in [0.5, 0.6) is 0 Å². The number of hydrogen-bond acceptors (Lipinski definition) is 7.